The standard InChI is InChI=1S/C18H25N3O2.ClH/c1-12(2)18(23)21-7-5-16(6-8-21)20-17(22)13-3-4-14-10-19-11-15(14)9-13;/h3-4,9,12,16,19H,5-8,10-11H2,1-2H3,(H,20,22);1H. The van der Waals surface area contributed by atoms with Gasteiger partial charge in [-0.25, -0.2) is 0 Å². The van der Waals surface area contributed by atoms with Crippen molar-refractivity contribution >= 4 is 24.2 Å². The van der Waals surface area contributed by atoms with Crippen molar-refractivity contribution in [3.63, 3.8) is 0 Å². The lowest BCUT2D eigenvalue weighted by molar-refractivity contribution is -0.135. The van der Waals surface area contributed by atoms with Crippen molar-refractivity contribution < 1.29 is 9.59 Å². The maximum Gasteiger partial charge on any atom is 0.251 e. The fourth-order valence-corrected chi connectivity index (χ4v) is 3.31. The summed E-state index contributed by atoms with van der Waals surface area (Å²) in [5, 5.41) is 6.41. The summed E-state index contributed by atoms with van der Waals surface area (Å²) < 4.78 is 0. The average molecular weight is 352 g/mol. The molecule has 0 aromatic heterocycles. The number of hydrogen-bond donors (Lipinski definition) is 2. The largest absolute Gasteiger partial charge is 0.349 e. The Labute approximate surface area is 149 Å². The molecule has 2 amide bonds. The zero-order valence-electron chi connectivity index (χ0n) is 14.3. The van der Waals surface area contributed by atoms with E-state index in [-0.39, 0.29) is 36.2 Å². The number of benzene rings is 1. The zero-order chi connectivity index (χ0) is 16.4. The highest BCUT2D eigenvalue weighted by Crippen LogP contribution is 2.18. The van der Waals surface area contributed by atoms with Crippen molar-refractivity contribution in [1.82, 2.24) is 15.5 Å². The van der Waals surface area contributed by atoms with Gasteiger partial charge < -0.3 is 15.5 Å². The molecule has 0 unspecified atom stereocenters. The minimum Gasteiger partial charge on any atom is -0.349 e. The molecule has 0 aliphatic carbocycles. The van der Waals surface area contributed by atoms with Crippen LogP contribution in [-0.2, 0) is 17.9 Å². The minimum atomic E-state index is -0.00617. The van der Waals surface area contributed by atoms with Crippen LogP contribution in [0, 0.1) is 5.92 Å². The zero-order valence-corrected chi connectivity index (χ0v) is 15.1. The fraction of sp³-hybridized carbons (Fsp3) is 0.556. The molecular weight excluding hydrogens is 326 g/mol. The van der Waals surface area contributed by atoms with Gasteiger partial charge in [-0.05, 0) is 36.1 Å². The number of carbonyl (C=O) groups excluding carboxylic acids is 2. The van der Waals surface area contributed by atoms with Gasteiger partial charge in [-0.1, -0.05) is 19.9 Å². The Kier molecular flexibility index (Phi) is 6.24. The number of likely N-dealkylation sites (tertiary alicyclic amines) is 1. The van der Waals surface area contributed by atoms with E-state index in [1.807, 2.05) is 36.9 Å². The number of rotatable bonds is 3. The number of fused-ring (bicyclic) bond motifs is 1. The third-order valence-electron chi connectivity index (χ3n) is 4.74. The van der Waals surface area contributed by atoms with E-state index in [1.54, 1.807) is 0 Å². The number of amides is 2. The van der Waals surface area contributed by atoms with Crippen LogP contribution in [0.25, 0.3) is 0 Å². The summed E-state index contributed by atoms with van der Waals surface area (Å²) in [6.07, 6.45) is 1.66. The average Bonchev–Trinajstić information content (AvgIpc) is 3.02. The van der Waals surface area contributed by atoms with E-state index in [0.29, 0.717) is 0 Å². The molecule has 5 nitrogen and oxygen atoms in total. The number of nitrogens with zero attached hydrogens (tertiary/aromatic N) is 1. The maximum absolute atomic E-state index is 12.4. The molecule has 0 bridgehead atoms. The highest BCUT2D eigenvalue weighted by molar-refractivity contribution is 5.94. The van der Waals surface area contributed by atoms with E-state index in [9.17, 15) is 9.59 Å². The minimum absolute atomic E-state index is 0. The van der Waals surface area contributed by atoms with Gasteiger partial charge in [0, 0.05) is 43.7 Å². The summed E-state index contributed by atoms with van der Waals surface area (Å²) in [6, 6.07) is 6.08. The van der Waals surface area contributed by atoms with Gasteiger partial charge in [0.25, 0.3) is 5.91 Å². The lowest BCUT2D eigenvalue weighted by Crippen LogP contribution is -2.47. The second kappa shape index (κ2) is 7.99. The van der Waals surface area contributed by atoms with Gasteiger partial charge in [-0.3, -0.25) is 9.59 Å². The Bertz CT molecular complexity index is 610. The number of halogens is 1. The second-order valence-electron chi connectivity index (χ2n) is 6.81. The Hall–Kier alpha value is -1.59. The molecule has 0 spiro atoms. The second-order valence-corrected chi connectivity index (χ2v) is 6.81. The van der Waals surface area contributed by atoms with E-state index in [0.717, 1.165) is 44.6 Å². The molecule has 2 aliphatic heterocycles. The van der Waals surface area contributed by atoms with Gasteiger partial charge in [0.05, 0.1) is 0 Å². The molecule has 6 heteroatoms. The molecule has 0 saturated carbocycles. The van der Waals surface area contributed by atoms with Gasteiger partial charge in [0.1, 0.15) is 0 Å². The third-order valence-corrected chi connectivity index (χ3v) is 4.74. The van der Waals surface area contributed by atoms with E-state index >= 15 is 0 Å². The summed E-state index contributed by atoms with van der Waals surface area (Å²) in [5.74, 6) is 0.246. The van der Waals surface area contributed by atoms with Crippen LogP contribution in [0.5, 0.6) is 0 Å². The van der Waals surface area contributed by atoms with Crippen LogP contribution in [0.2, 0.25) is 0 Å². The number of carbonyl (C=O) groups is 2. The first-order valence-electron chi connectivity index (χ1n) is 8.47. The topological polar surface area (TPSA) is 61.4 Å². The molecule has 132 valence electrons. The van der Waals surface area contributed by atoms with E-state index in [1.165, 1.54) is 11.1 Å². The van der Waals surface area contributed by atoms with Crippen LogP contribution in [0.1, 0.15) is 48.2 Å². The number of hydrogen-bond acceptors (Lipinski definition) is 3. The van der Waals surface area contributed by atoms with Gasteiger partial charge in [0.2, 0.25) is 5.91 Å². The highest BCUT2D eigenvalue weighted by atomic mass is 35.5. The summed E-state index contributed by atoms with van der Waals surface area (Å²) >= 11 is 0. The molecule has 2 N–H and O–H groups in total. The first-order valence-corrected chi connectivity index (χ1v) is 8.47. The Morgan fingerprint density at radius 2 is 1.83 bits per heavy atom. The van der Waals surface area contributed by atoms with Crippen molar-refractivity contribution in [3.8, 4) is 0 Å². The maximum atomic E-state index is 12.4. The highest BCUT2D eigenvalue weighted by Gasteiger charge is 2.25. The van der Waals surface area contributed by atoms with Crippen LogP contribution >= 0.6 is 12.4 Å². The molecule has 1 aromatic rings. The van der Waals surface area contributed by atoms with E-state index in [4.69, 9.17) is 0 Å². The SMILES string of the molecule is CC(C)C(=O)N1CCC(NC(=O)c2ccc3c(c2)CNC3)CC1.Cl. The molecule has 1 saturated heterocycles. The van der Waals surface area contributed by atoms with Gasteiger partial charge >= 0.3 is 0 Å². The molecule has 1 aromatic carbocycles. The molecule has 1 fully saturated rings. The van der Waals surface area contributed by atoms with Crippen molar-refractivity contribution in [2.75, 3.05) is 13.1 Å². The van der Waals surface area contributed by atoms with Gasteiger partial charge in [-0.15, -0.1) is 12.4 Å². The third kappa shape index (κ3) is 4.08. The predicted molar refractivity (Wildman–Crippen MR) is 96.1 cm³/mol. The monoisotopic (exact) mass is 351 g/mol. The molecule has 3 rings (SSSR count). The van der Waals surface area contributed by atoms with E-state index in [2.05, 4.69) is 10.6 Å². The summed E-state index contributed by atoms with van der Waals surface area (Å²) in [4.78, 5) is 26.3. The van der Waals surface area contributed by atoms with Crippen LogP contribution in [0.3, 0.4) is 0 Å². The molecule has 0 atom stereocenters. The number of nitrogens with one attached hydrogen (secondary N) is 2. The summed E-state index contributed by atoms with van der Waals surface area (Å²) in [6.45, 7) is 7.05. The van der Waals surface area contributed by atoms with Crippen molar-refractivity contribution in [2.45, 2.75) is 45.8 Å². The van der Waals surface area contributed by atoms with Crippen LogP contribution in [-0.4, -0.2) is 35.8 Å². The quantitative estimate of drug-likeness (QED) is 0.876. The van der Waals surface area contributed by atoms with Crippen molar-refractivity contribution in [3.05, 3.63) is 34.9 Å². The lowest BCUT2D eigenvalue weighted by atomic mass is 10.0. The van der Waals surface area contributed by atoms with E-state index < -0.39 is 0 Å². The van der Waals surface area contributed by atoms with Gasteiger partial charge in [0.15, 0.2) is 0 Å². The fourth-order valence-electron chi connectivity index (χ4n) is 3.31. The van der Waals surface area contributed by atoms with Gasteiger partial charge in [-0.2, -0.15) is 0 Å². The normalized spacial score (nSPS) is 17.4. The Balaban J connectivity index is 0.00000208. The Morgan fingerprint density at radius 1 is 1.17 bits per heavy atom. The molecule has 0 radical (unpaired) electrons. The molecular formula is C18H26ClN3O2. The molecule has 24 heavy (non-hydrogen) atoms. The summed E-state index contributed by atoms with van der Waals surface area (Å²) in [5.41, 5.74) is 3.23. The predicted octanol–water partition coefficient (Wildman–Crippen LogP) is 2.09. The first kappa shape index (κ1) is 18.7. The van der Waals surface area contributed by atoms with Crippen LogP contribution in [0.4, 0.5) is 0 Å². The number of piperidine rings is 1. The first-order chi connectivity index (χ1) is 11.0. The summed E-state index contributed by atoms with van der Waals surface area (Å²) in [7, 11) is 0. The molecule has 2 aliphatic rings. The van der Waals surface area contributed by atoms with Crippen molar-refractivity contribution in [1.29, 1.82) is 0 Å². The lowest BCUT2D eigenvalue weighted by Gasteiger charge is -2.33. The van der Waals surface area contributed by atoms with Crippen LogP contribution in [0.15, 0.2) is 18.2 Å². The van der Waals surface area contributed by atoms with Crippen LogP contribution < -0.4 is 10.6 Å². The molecule has 2 heterocycles. The smallest absolute Gasteiger partial charge is 0.251 e. The Morgan fingerprint density at radius 3 is 2.50 bits per heavy atom. The van der Waals surface area contributed by atoms with Crippen molar-refractivity contribution in [2.24, 2.45) is 5.92 Å².